The molecule has 1 aromatic carbocycles. The number of fused-ring (bicyclic) bond motifs is 1. The molecule has 0 saturated carbocycles. The maximum atomic E-state index is 5.67. The smallest absolute Gasteiger partial charge is 0.229 e. The molecule has 3 nitrogen and oxygen atoms in total. The van der Waals surface area contributed by atoms with Crippen LogP contribution >= 0.6 is 0 Å². The summed E-state index contributed by atoms with van der Waals surface area (Å²) < 4.78 is 5.67. The van der Waals surface area contributed by atoms with E-state index in [0.29, 0.717) is 5.71 Å². The van der Waals surface area contributed by atoms with Gasteiger partial charge in [-0.25, -0.2) is 4.98 Å². The van der Waals surface area contributed by atoms with E-state index in [-0.39, 0.29) is 5.41 Å². The molecule has 0 atom stereocenters. The minimum absolute atomic E-state index is 0.168. The summed E-state index contributed by atoms with van der Waals surface area (Å²) in [6.45, 7) is 12.8. The first kappa shape index (κ1) is 15.7. The number of aromatic nitrogens is 2. The SMILES string of the molecule is Cc1cc2c(C)nc(Cc3ccc(C(C)(C)C)cc3C)nc2o1. The fraction of sp³-hybridized carbons (Fsp3) is 0.400. The summed E-state index contributed by atoms with van der Waals surface area (Å²) >= 11 is 0. The van der Waals surface area contributed by atoms with Gasteiger partial charge in [-0.1, -0.05) is 39.0 Å². The van der Waals surface area contributed by atoms with Crippen molar-refractivity contribution in [2.45, 2.75) is 53.4 Å². The molecule has 0 aliphatic heterocycles. The zero-order valence-corrected chi connectivity index (χ0v) is 14.8. The van der Waals surface area contributed by atoms with Crippen molar-refractivity contribution in [2.24, 2.45) is 0 Å². The summed E-state index contributed by atoms with van der Waals surface area (Å²) in [4.78, 5) is 9.24. The molecule has 0 aliphatic rings. The Morgan fingerprint density at radius 2 is 1.74 bits per heavy atom. The van der Waals surface area contributed by atoms with Gasteiger partial charge in [0.15, 0.2) is 0 Å². The molecule has 0 bridgehead atoms. The van der Waals surface area contributed by atoms with Crippen LogP contribution in [-0.2, 0) is 11.8 Å². The Morgan fingerprint density at radius 3 is 2.39 bits per heavy atom. The monoisotopic (exact) mass is 308 g/mol. The second kappa shape index (κ2) is 5.48. The molecule has 3 heteroatoms. The van der Waals surface area contributed by atoms with Crippen LogP contribution in [-0.4, -0.2) is 9.97 Å². The molecule has 23 heavy (non-hydrogen) atoms. The lowest BCUT2D eigenvalue weighted by molar-refractivity contribution is 0.565. The predicted molar refractivity (Wildman–Crippen MR) is 94.0 cm³/mol. The molecular formula is C20H24N2O. The molecule has 3 aromatic rings. The van der Waals surface area contributed by atoms with E-state index in [1.807, 2.05) is 19.9 Å². The van der Waals surface area contributed by atoms with E-state index in [4.69, 9.17) is 4.42 Å². The standard InChI is InChI=1S/C20H24N2O/c1-12-9-16(20(4,5)6)8-7-15(12)11-18-21-14(3)17-10-13(2)23-19(17)22-18/h7-10H,11H2,1-6H3. The summed E-state index contributed by atoms with van der Waals surface area (Å²) in [7, 11) is 0. The van der Waals surface area contributed by atoms with Crippen molar-refractivity contribution < 1.29 is 4.42 Å². The quantitative estimate of drug-likeness (QED) is 0.666. The van der Waals surface area contributed by atoms with Crippen LogP contribution in [0.1, 0.15) is 54.7 Å². The Balaban J connectivity index is 1.96. The van der Waals surface area contributed by atoms with Crippen molar-refractivity contribution in [1.82, 2.24) is 9.97 Å². The number of hydrogen-bond donors (Lipinski definition) is 0. The third-order valence-corrected chi connectivity index (χ3v) is 4.31. The fourth-order valence-electron chi connectivity index (χ4n) is 2.85. The minimum Gasteiger partial charge on any atom is -0.443 e. The lowest BCUT2D eigenvalue weighted by Crippen LogP contribution is -2.11. The van der Waals surface area contributed by atoms with Gasteiger partial charge in [0, 0.05) is 6.42 Å². The topological polar surface area (TPSA) is 38.9 Å². The summed E-state index contributed by atoms with van der Waals surface area (Å²) in [5, 5.41) is 1.01. The Bertz CT molecular complexity index is 869. The molecule has 2 aromatic heterocycles. The highest BCUT2D eigenvalue weighted by Crippen LogP contribution is 2.26. The number of benzene rings is 1. The molecule has 0 amide bonds. The lowest BCUT2D eigenvalue weighted by atomic mass is 9.85. The van der Waals surface area contributed by atoms with Crippen molar-refractivity contribution in [3.8, 4) is 0 Å². The molecule has 3 rings (SSSR count). The molecule has 0 saturated heterocycles. The van der Waals surface area contributed by atoms with Gasteiger partial charge in [0.05, 0.1) is 11.1 Å². The molecule has 0 N–H and O–H groups in total. The molecule has 0 spiro atoms. The molecule has 0 unspecified atom stereocenters. The Hall–Kier alpha value is -2.16. The van der Waals surface area contributed by atoms with Gasteiger partial charge in [0.2, 0.25) is 5.71 Å². The van der Waals surface area contributed by atoms with E-state index in [1.165, 1.54) is 16.7 Å². The van der Waals surface area contributed by atoms with E-state index in [2.05, 4.69) is 55.9 Å². The average molecular weight is 308 g/mol. The van der Waals surface area contributed by atoms with Crippen molar-refractivity contribution in [2.75, 3.05) is 0 Å². The van der Waals surface area contributed by atoms with Crippen LogP contribution in [0, 0.1) is 20.8 Å². The van der Waals surface area contributed by atoms with Crippen LogP contribution in [0.5, 0.6) is 0 Å². The third kappa shape index (κ3) is 3.14. The summed E-state index contributed by atoms with van der Waals surface area (Å²) in [6.07, 6.45) is 0.729. The molecular weight excluding hydrogens is 284 g/mol. The Morgan fingerprint density at radius 1 is 1.00 bits per heavy atom. The highest BCUT2D eigenvalue weighted by molar-refractivity contribution is 5.76. The molecule has 0 radical (unpaired) electrons. The lowest BCUT2D eigenvalue weighted by Gasteiger charge is -2.20. The van der Waals surface area contributed by atoms with Gasteiger partial charge < -0.3 is 4.42 Å². The van der Waals surface area contributed by atoms with Crippen LogP contribution in [0.2, 0.25) is 0 Å². The van der Waals surface area contributed by atoms with Crippen molar-refractivity contribution in [3.63, 3.8) is 0 Å². The predicted octanol–water partition coefficient (Wildman–Crippen LogP) is 5.04. The first-order valence-electron chi connectivity index (χ1n) is 8.08. The van der Waals surface area contributed by atoms with Crippen LogP contribution < -0.4 is 0 Å². The van der Waals surface area contributed by atoms with Crippen LogP contribution in [0.3, 0.4) is 0 Å². The largest absolute Gasteiger partial charge is 0.443 e. The number of rotatable bonds is 2. The van der Waals surface area contributed by atoms with Gasteiger partial charge >= 0.3 is 0 Å². The van der Waals surface area contributed by atoms with Gasteiger partial charge in [-0.05, 0) is 48.9 Å². The molecule has 0 aliphatic carbocycles. The number of furan rings is 1. The highest BCUT2D eigenvalue weighted by Gasteiger charge is 2.15. The number of hydrogen-bond acceptors (Lipinski definition) is 3. The van der Waals surface area contributed by atoms with Gasteiger partial charge in [0.25, 0.3) is 0 Å². The normalized spacial score (nSPS) is 12.1. The van der Waals surface area contributed by atoms with E-state index in [0.717, 1.165) is 29.1 Å². The van der Waals surface area contributed by atoms with Crippen molar-refractivity contribution >= 4 is 11.1 Å². The van der Waals surface area contributed by atoms with Gasteiger partial charge in [-0.15, -0.1) is 0 Å². The van der Waals surface area contributed by atoms with Crippen molar-refractivity contribution in [1.29, 1.82) is 0 Å². The van der Waals surface area contributed by atoms with Gasteiger partial charge in [-0.3, -0.25) is 0 Å². The zero-order valence-electron chi connectivity index (χ0n) is 14.8. The maximum absolute atomic E-state index is 5.67. The fourth-order valence-corrected chi connectivity index (χ4v) is 2.85. The summed E-state index contributed by atoms with van der Waals surface area (Å²) in [5.74, 6) is 1.69. The zero-order chi connectivity index (χ0) is 16.8. The molecule has 0 fully saturated rings. The Labute approximate surface area is 137 Å². The molecule has 120 valence electrons. The van der Waals surface area contributed by atoms with Gasteiger partial charge in [-0.2, -0.15) is 4.98 Å². The minimum atomic E-state index is 0.168. The van der Waals surface area contributed by atoms with E-state index >= 15 is 0 Å². The first-order valence-corrected chi connectivity index (χ1v) is 8.08. The van der Waals surface area contributed by atoms with Crippen LogP contribution in [0.4, 0.5) is 0 Å². The number of nitrogens with zero attached hydrogens (tertiary/aromatic N) is 2. The third-order valence-electron chi connectivity index (χ3n) is 4.31. The molecule has 2 heterocycles. The average Bonchev–Trinajstić information content (AvgIpc) is 2.81. The summed E-state index contributed by atoms with van der Waals surface area (Å²) in [6, 6.07) is 8.69. The van der Waals surface area contributed by atoms with E-state index in [9.17, 15) is 0 Å². The highest BCUT2D eigenvalue weighted by atomic mass is 16.3. The first-order chi connectivity index (χ1) is 10.7. The van der Waals surface area contributed by atoms with E-state index < -0.39 is 0 Å². The summed E-state index contributed by atoms with van der Waals surface area (Å²) in [5.41, 5.74) is 5.74. The maximum Gasteiger partial charge on any atom is 0.229 e. The van der Waals surface area contributed by atoms with Crippen LogP contribution in [0.25, 0.3) is 11.1 Å². The second-order valence-electron chi connectivity index (χ2n) is 7.37. The Kier molecular flexibility index (Phi) is 3.75. The number of aryl methyl sites for hydroxylation is 3. The van der Waals surface area contributed by atoms with Gasteiger partial charge in [0.1, 0.15) is 11.6 Å². The van der Waals surface area contributed by atoms with Crippen molar-refractivity contribution in [3.05, 3.63) is 58.2 Å². The second-order valence-corrected chi connectivity index (χ2v) is 7.37. The van der Waals surface area contributed by atoms with E-state index in [1.54, 1.807) is 0 Å². The van der Waals surface area contributed by atoms with Crippen LogP contribution in [0.15, 0.2) is 28.7 Å².